The molecule has 0 aromatic carbocycles. The number of rotatable bonds is 7. The number of unbranched alkanes of at least 4 members (excludes halogenated alkanes) is 1. The first-order valence-electron chi connectivity index (χ1n) is 7.36. The minimum atomic E-state index is 0.0171. The number of aryl methyl sites for hydroxylation is 2. The maximum atomic E-state index is 11.8. The maximum absolute atomic E-state index is 11.8. The summed E-state index contributed by atoms with van der Waals surface area (Å²) in [7, 11) is 0. The predicted octanol–water partition coefficient (Wildman–Crippen LogP) is 2.29. The molecule has 22 heavy (non-hydrogen) atoms. The van der Waals surface area contributed by atoms with Crippen LogP contribution >= 0.6 is 11.8 Å². The second-order valence-corrected chi connectivity index (χ2v) is 5.98. The molecule has 0 radical (unpaired) electrons. The first-order chi connectivity index (χ1) is 10.6. The van der Waals surface area contributed by atoms with Gasteiger partial charge in [0.15, 0.2) is 5.82 Å². The Hall–Kier alpha value is -1.89. The Morgan fingerprint density at radius 1 is 1.32 bits per heavy atom. The van der Waals surface area contributed by atoms with E-state index in [1.54, 1.807) is 17.1 Å². The lowest BCUT2D eigenvalue weighted by Gasteiger charge is -2.08. The average molecular weight is 319 g/mol. The first-order valence-corrected chi connectivity index (χ1v) is 8.34. The smallest absolute Gasteiger partial charge is 0.230 e. The van der Waals surface area contributed by atoms with E-state index in [1.165, 1.54) is 11.8 Å². The van der Waals surface area contributed by atoms with Crippen LogP contribution in [0.25, 0.3) is 5.82 Å². The molecule has 6 nitrogen and oxygen atoms in total. The second kappa shape index (κ2) is 7.93. The third kappa shape index (κ3) is 4.30. The van der Waals surface area contributed by atoms with Crippen molar-refractivity contribution in [2.24, 2.45) is 0 Å². The van der Waals surface area contributed by atoms with Gasteiger partial charge >= 0.3 is 0 Å². The number of aromatic nitrogens is 4. The van der Waals surface area contributed by atoms with Gasteiger partial charge in [0, 0.05) is 24.6 Å². The third-order valence-electron chi connectivity index (χ3n) is 3.05. The van der Waals surface area contributed by atoms with E-state index in [2.05, 4.69) is 27.3 Å². The van der Waals surface area contributed by atoms with Crippen LogP contribution in [0.5, 0.6) is 0 Å². The van der Waals surface area contributed by atoms with Gasteiger partial charge in [-0.25, -0.2) is 14.6 Å². The summed E-state index contributed by atoms with van der Waals surface area (Å²) in [5.41, 5.74) is 1.92. The molecule has 0 aliphatic rings. The quantitative estimate of drug-likeness (QED) is 0.626. The van der Waals surface area contributed by atoms with E-state index in [4.69, 9.17) is 0 Å². The Morgan fingerprint density at radius 2 is 2.09 bits per heavy atom. The molecule has 2 rings (SSSR count). The van der Waals surface area contributed by atoms with Crippen LogP contribution in [0.3, 0.4) is 0 Å². The topological polar surface area (TPSA) is 72.7 Å². The van der Waals surface area contributed by atoms with Crippen molar-refractivity contribution in [3.63, 3.8) is 0 Å². The fraction of sp³-hybridized carbons (Fsp3) is 0.467. The van der Waals surface area contributed by atoms with Crippen molar-refractivity contribution in [1.82, 2.24) is 25.1 Å². The highest BCUT2D eigenvalue weighted by molar-refractivity contribution is 8.00. The number of nitrogens with zero attached hydrogens (tertiary/aromatic N) is 4. The van der Waals surface area contributed by atoms with E-state index >= 15 is 0 Å². The summed E-state index contributed by atoms with van der Waals surface area (Å²) in [4.78, 5) is 20.5. The van der Waals surface area contributed by atoms with Gasteiger partial charge in [0.05, 0.1) is 11.4 Å². The lowest BCUT2D eigenvalue weighted by molar-refractivity contribution is -0.118. The monoisotopic (exact) mass is 319 g/mol. The third-order valence-corrected chi connectivity index (χ3v) is 4.02. The van der Waals surface area contributed by atoms with E-state index in [0.29, 0.717) is 16.6 Å². The Morgan fingerprint density at radius 3 is 2.77 bits per heavy atom. The molecular formula is C15H21N5OS. The van der Waals surface area contributed by atoms with Crippen LogP contribution in [0.15, 0.2) is 23.5 Å². The fourth-order valence-corrected chi connectivity index (χ4v) is 2.77. The van der Waals surface area contributed by atoms with Gasteiger partial charge in [-0.2, -0.15) is 5.10 Å². The molecule has 0 fully saturated rings. The maximum Gasteiger partial charge on any atom is 0.230 e. The van der Waals surface area contributed by atoms with Gasteiger partial charge in [-0.05, 0) is 26.3 Å². The molecule has 0 spiro atoms. The van der Waals surface area contributed by atoms with Crippen molar-refractivity contribution in [3.8, 4) is 5.82 Å². The molecule has 0 saturated carbocycles. The van der Waals surface area contributed by atoms with E-state index in [9.17, 15) is 4.79 Å². The summed E-state index contributed by atoms with van der Waals surface area (Å²) < 4.78 is 1.76. The van der Waals surface area contributed by atoms with Crippen molar-refractivity contribution in [2.45, 2.75) is 38.6 Å². The van der Waals surface area contributed by atoms with Gasteiger partial charge in [-0.15, -0.1) is 0 Å². The Kier molecular flexibility index (Phi) is 5.94. The molecule has 7 heteroatoms. The molecule has 1 N–H and O–H groups in total. The molecule has 0 unspecified atom stereocenters. The van der Waals surface area contributed by atoms with Gasteiger partial charge in [0.25, 0.3) is 0 Å². The largest absolute Gasteiger partial charge is 0.355 e. The molecule has 118 valence electrons. The van der Waals surface area contributed by atoms with E-state index in [-0.39, 0.29) is 5.91 Å². The van der Waals surface area contributed by atoms with E-state index in [0.717, 1.165) is 30.8 Å². The van der Waals surface area contributed by atoms with Crippen LogP contribution in [0.4, 0.5) is 0 Å². The summed E-state index contributed by atoms with van der Waals surface area (Å²) in [5, 5.41) is 8.04. The first kappa shape index (κ1) is 16.5. The van der Waals surface area contributed by atoms with E-state index in [1.807, 2.05) is 19.9 Å². The molecular weight excluding hydrogens is 298 g/mol. The number of thioether (sulfide) groups is 1. The highest BCUT2D eigenvalue weighted by atomic mass is 32.2. The molecule has 0 atom stereocenters. The lowest BCUT2D eigenvalue weighted by Crippen LogP contribution is -2.26. The molecule has 0 aliphatic carbocycles. The van der Waals surface area contributed by atoms with Gasteiger partial charge in [-0.3, -0.25) is 4.79 Å². The Bertz CT molecular complexity index is 641. The molecule has 0 saturated heterocycles. The molecule has 2 heterocycles. The van der Waals surface area contributed by atoms with Gasteiger partial charge in [0.1, 0.15) is 5.03 Å². The highest BCUT2D eigenvalue weighted by Gasteiger charge is 2.13. The summed E-state index contributed by atoms with van der Waals surface area (Å²) in [6.45, 7) is 6.73. The SMILES string of the molecule is CCCCNC(=O)CSc1nccnc1-n1nc(C)cc1C. The van der Waals surface area contributed by atoms with Crippen LogP contribution in [0.2, 0.25) is 0 Å². The van der Waals surface area contributed by atoms with Crippen molar-refractivity contribution in [1.29, 1.82) is 0 Å². The van der Waals surface area contributed by atoms with Gasteiger partial charge in [0.2, 0.25) is 5.91 Å². The molecule has 2 aromatic rings. The molecule has 2 aromatic heterocycles. The number of carbonyl (C=O) groups excluding carboxylic acids is 1. The minimum Gasteiger partial charge on any atom is -0.355 e. The number of nitrogens with one attached hydrogen (secondary N) is 1. The van der Waals surface area contributed by atoms with Crippen LogP contribution < -0.4 is 5.32 Å². The zero-order chi connectivity index (χ0) is 15.9. The minimum absolute atomic E-state index is 0.0171. The normalized spacial score (nSPS) is 10.7. The van der Waals surface area contributed by atoms with Gasteiger partial charge in [-0.1, -0.05) is 25.1 Å². The predicted molar refractivity (Wildman–Crippen MR) is 87.3 cm³/mol. The molecule has 1 amide bonds. The standard InChI is InChI=1S/C15H21N5OS/c1-4-5-6-16-13(21)10-22-15-14(17-7-8-18-15)20-12(3)9-11(2)19-20/h7-9H,4-6,10H2,1-3H3,(H,16,21). The van der Waals surface area contributed by atoms with Crippen LogP contribution in [-0.4, -0.2) is 38.0 Å². The number of amides is 1. The van der Waals surface area contributed by atoms with Crippen molar-refractivity contribution in [2.75, 3.05) is 12.3 Å². The Labute approximate surface area is 134 Å². The van der Waals surface area contributed by atoms with Crippen molar-refractivity contribution < 1.29 is 4.79 Å². The zero-order valence-corrected chi connectivity index (χ0v) is 14.0. The van der Waals surface area contributed by atoms with Crippen LogP contribution in [0.1, 0.15) is 31.2 Å². The van der Waals surface area contributed by atoms with Crippen molar-refractivity contribution >= 4 is 17.7 Å². The Balaban J connectivity index is 2.06. The average Bonchev–Trinajstić information content (AvgIpc) is 2.84. The van der Waals surface area contributed by atoms with Crippen LogP contribution in [-0.2, 0) is 4.79 Å². The summed E-state index contributed by atoms with van der Waals surface area (Å²) in [6, 6.07) is 1.99. The van der Waals surface area contributed by atoms with E-state index < -0.39 is 0 Å². The summed E-state index contributed by atoms with van der Waals surface area (Å²) in [6.07, 6.45) is 5.34. The number of hydrogen-bond donors (Lipinski definition) is 1. The number of carbonyl (C=O) groups is 1. The van der Waals surface area contributed by atoms with Crippen molar-refractivity contribution in [3.05, 3.63) is 29.8 Å². The summed E-state index contributed by atoms with van der Waals surface area (Å²) in [5.74, 6) is 1.01. The number of hydrogen-bond acceptors (Lipinski definition) is 5. The summed E-state index contributed by atoms with van der Waals surface area (Å²) >= 11 is 1.38. The zero-order valence-electron chi connectivity index (χ0n) is 13.2. The van der Waals surface area contributed by atoms with Gasteiger partial charge < -0.3 is 5.32 Å². The fourth-order valence-electron chi connectivity index (χ4n) is 2.00. The highest BCUT2D eigenvalue weighted by Crippen LogP contribution is 2.22. The lowest BCUT2D eigenvalue weighted by atomic mass is 10.3. The molecule has 0 aliphatic heterocycles. The molecule has 0 bridgehead atoms. The second-order valence-electron chi connectivity index (χ2n) is 5.02. The van der Waals surface area contributed by atoms with Crippen LogP contribution in [0, 0.1) is 13.8 Å².